The molecule has 0 bridgehead atoms. The minimum absolute atomic E-state index is 0.104. The Balaban J connectivity index is 1.15. The molecule has 1 saturated carbocycles. The lowest BCUT2D eigenvalue weighted by Crippen LogP contribution is -2.48. The number of rotatable bonds is 5. The second-order valence-electron chi connectivity index (χ2n) is 9.68. The van der Waals surface area contributed by atoms with Crippen LogP contribution in [0.5, 0.6) is 5.75 Å². The SMILES string of the molecule is Cc1cc2c(cc1C)OC1(C=C2)CCN(C[C@@H](O)c2ccc(NC(=O)C3CC3)cc2)CC1. The van der Waals surface area contributed by atoms with Crippen molar-refractivity contribution < 1.29 is 14.6 Å². The summed E-state index contributed by atoms with van der Waals surface area (Å²) in [6.45, 7) is 6.63. The Morgan fingerprint density at radius 1 is 1.16 bits per heavy atom. The van der Waals surface area contributed by atoms with Gasteiger partial charge in [-0.25, -0.2) is 0 Å². The van der Waals surface area contributed by atoms with E-state index in [1.54, 1.807) is 0 Å². The van der Waals surface area contributed by atoms with E-state index >= 15 is 0 Å². The molecule has 0 unspecified atom stereocenters. The molecule has 2 aliphatic heterocycles. The number of amides is 1. The van der Waals surface area contributed by atoms with Crippen LogP contribution in [0.1, 0.15) is 54.0 Å². The van der Waals surface area contributed by atoms with Crippen molar-refractivity contribution >= 4 is 17.7 Å². The molecule has 5 heteroatoms. The van der Waals surface area contributed by atoms with Gasteiger partial charge < -0.3 is 20.1 Å². The number of carbonyl (C=O) groups excluding carboxylic acids is 1. The molecule has 2 aromatic rings. The predicted octanol–water partition coefficient (Wildman–Crippen LogP) is 4.63. The molecule has 2 heterocycles. The maximum absolute atomic E-state index is 11.9. The third kappa shape index (κ3) is 4.45. The normalized spacial score (nSPS) is 20.5. The summed E-state index contributed by atoms with van der Waals surface area (Å²) in [5.41, 5.74) is 5.14. The fraction of sp³-hybridized carbons (Fsp3) is 0.444. The number of hydrogen-bond donors (Lipinski definition) is 2. The summed E-state index contributed by atoms with van der Waals surface area (Å²) in [5, 5.41) is 13.7. The van der Waals surface area contributed by atoms with Gasteiger partial charge in [0.2, 0.25) is 5.91 Å². The summed E-state index contributed by atoms with van der Waals surface area (Å²) in [6.07, 6.45) is 7.69. The van der Waals surface area contributed by atoms with E-state index in [-0.39, 0.29) is 17.4 Å². The molecule has 1 amide bonds. The number of anilines is 1. The van der Waals surface area contributed by atoms with Gasteiger partial charge in [0, 0.05) is 49.6 Å². The van der Waals surface area contributed by atoms with Crippen LogP contribution in [-0.2, 0) is 4.79 Å². The van der Waals surface area contributed by atoms with Gasteiger partial charge in [0.1, 0.15) is 11.4 Å². The lowest BCUT2D eigenvalue weighted by atomic mass is 9.87. The number of β-amino-alcohol motifs (C(OH)–C–C–N with tert-alkyl or cyclic N) is 1. The molecule has 1 atom stereocenters. The lowest BCUT2D eigenvalue weighted by Gasteiger charge is -2.42. The van der Waals surface area contributed by atoms with Crippen LogP contribution in [0.2, 0.25) is 0 Å². The predicted molar refractivity (Wildman–Crippen MR) is 127 cm³/mol. The van der Waals surface area contributed by atoms with E-state index in [0.717, 1.165) is 61.3 Å². The second-order valence-corrected chi connectivity index (χ2v) is 9.68. The Labute approximate surface area is 190 Å². The zero-order valence-corrected chi connectivity index (χ0v) is 18.9. The number of nitrogens with zero attached hydrogens (tertiary/aromatic N) is 1. The van der Waals surface area contributed by atoms with Gasteiger partial charge in [-0.05, 0) is 73.7 Å². The summed E-state index contributed by atoms with van der Waals surface area (Å²) in [4.78, 5) is 14.2. The van der Waals surface area contributed by atoms with Crippen molar-refractivity contribution in [3.63, 3.8) is 0 Å². The van der Waals surface area contributed by atoms with Crippen molar-refractivity contribution in [2.45, 2.75) is 51.2 Å². The highest BCUT2D eigenvalue weighted by molar-refractivity contribution is 5.94. The van der Waals surface area contributed by atoms with E-state index in [4.69, 9.17) is 4.74 Å². The average Bonchev–Trinajstić information content (AvgIpc) is 3.63. The van der Waals surface area contributed by atoms with E-state index < -0.39 is 6.10 Å². The van der Waals surface area contributed by atoms with Crippen molar-refractivity contribution in [1.29, 1.82) is 0 Å². The molecule has 1 aliphatic carbocycles. The number of ether oxygens (including phenoxy) is 1. The zero-order valence-electron chi connectivity index (χ0n) is 18.9. The molecule has 1 saturated heterocycles. The number of fused-ring (bicyclic) bond motifs is 1. The van der Waals surface area contributed by atoms with Gasteiger partial charge >= 0.3 is 0 Å². The minimum atomic E-state index is -0.550. The van der Waals surface area contributed by atoms with E-state index in [1.165, 1.54) is 11.1 Å². The fourth-order valence-corrected chi connectivity index (χ4v) is 4.64. The number of likely N-dealkylation sites (tertiary alicyclic amines) is 1. The molecule has 0 aromatic heterocycles. The summed E-state index contributed by atoms with van der Waals surface area (Å²) in [7, 11) is 0. The highest BCUT2D eigenvalue weighted by atomic mass is 16.5. The van der Waals surface area contributed by atoms with Gasteiger partial charge in [0.25, 0.3) is 0 Å². The molecule has 2 fully saturated rings. The van der Waals surface area contributed by atoms with E-state index in [1.807, 2.05) is 24.3 Å². The first-order valence-electron chi connectivity index (χ1n) is 11.7. The molecule has 0 radical (unpaired) electrons. The number of piperidine rings is 1. The molecular weight excluding hydrogens is 400 g/mol. The molecule has 5 rings (SSSR count). The Kier molecular flexibility index (Phi) is 5.56. The van der Waals surface area contributed by atoms with Gasteiger partial charge in [-0.15, -0.1) is 0 Å². The topological polar surface area (TPSA) is 61.8 Å². The van der Waals surface area contributed by atoms with Crippen molar-refractivity contribution in [2.24, 2.45) is 5.92 Å². The highest BCUT2D eigenvalue weighted by Gasteiger charge is 2.37. The molecule has 1 spiro atoms. The van der Waals surface area contributed by atoms with E-state index in [2.05, 4.69) is 48.3 Å². The monoisotopic (exact) mass is 432 g/mol. The van der Waals surface area contributed by atoms with Crippen LogP contribution in [0.15, 0.2) is 42.5 Å². The molecular formula is C27H32N2O3. The standard InChI is InChI=1S/C27H32N2O3/c1-18-15-22-9-10-27(32-25(22)16-19(18)2)11-13-29(14-12-27)17-24(30)20-5-7-23(8-6-20)28-26(31)21-3-4-21/h5-10,15-16,21,24,30H,3-4,11-14,17H2,1-2H3,(H,28,31)/t24-/m1/s1. The first-order valence-corrected chi connectivity index (χ1v) is 11.7. The maximum atomic E-state index is 11.9. The summed E-state index contributed by atoms with van der Waals surface area (Å²) < 4.78 is 6.49. The van der Waals surface area contributed by atoms with Gasteiger partial charge in [0.15, 0.2) is 0 Å². The van der Waals surface area contributed by atoms with E-state index in [0.29, 0.717) is 6.54 Å². The number of benzene rings is 2. The molecule has 168 valence electrons. The van der Waals surface area contributed by atoms with Gasteiger partial charge in [-0.2, -0.15) is 0 Å². The Morgan fingerprint density at radius 2 is 1.84 bits per heavy atom. The molecule has 32 heavy (non-hydrogen) atoms. The Bertz CT molecular complexity index is 1030. The van der Waals surface area contributed by atoms with Crippen LogP contribution < -0.4 is 10.1 Å². The Hall–Kier alpha value is -2.63. The van der Waals surface area contributed by atoms with Crippen molar-refractivity contribution in [1.82, 2.24) is 4.90 Å². The molecule has 3 aliphatic rings. The number of aliphatic hydroxyl groups is 1. The molecule has 5 nitrogen and oxygen atoms in total. The summed E-state index contributed by atoms with van der Waals surface area (Å²) in [6, 6.07) is 11.9. The van der Waals surface area contributed by atoms with Crippen molar-refractivity contribution in [3.8, 4) is 5.75 Å². The van der Waals surface area contributed by atoms with Crippen LogP contribution in [0.25, 0.3) is 6.08 Å². The lowest BCUT2D eigenvalue weighted by molar-refractivity contribution is -0.117. The summed E-state index contributed by atoms with van der Waals surface area (Å²) in [5.74, 6) is 1.28. The van der Waals surface area contributed by atoms with Gasteiger partial charge in [-0.1, -0.05) is 18.2 Å². The molecule has 2 aromatic carbocycles. The van der Waals surface area contributed by atoms with Crippen LogP contribution in [0, 0.1) is 19.8 Å². The second kappa shape index (κ2) is 8.38. The number of hydrogen-bond acceptors (Lipinski definition) is 4. The number of aliphatic hydroxyl groups excluding tert-OH is 1. The third-order valence-corrected chi connectivity index (χ3v) is 7.15. The van der Waals surface area contributed by atoms with Crippen molar-refractivity contribution in [2.75, 3.05) is 25.0 Å². The number of carbonyl (C=O) groups is 1. The first kappa shape index (κ1) is 21.2. The number of nitrogens with one attached hydrogen (secondary N) is 1. The first-order chi connectivity index (χ1) is 15.4. The number of aryl methyl sites for hydroxylation is 2. The van der Waals surface area contributed by atoms with Crippen molar-refractivity contribution in [3.05, 3.63) is 64.7 Å². The van der Waals surface area contributed by atoms with E-state index in [9.17, 15) is 9.90 Å². The Morgan fingerprint density at radius 3 is 2.53 bits per heavy atom. The maximum Gasteiger partial charge on any atom is 0.227 e. The average molecular weight is 433 g/mol. The quantitative estimate of drug-likeness (QED) is 0.723. The van der Waals surface area contributed by atoms with Crippen LogP contribution in [0.4, 0.5) is 5.69 Å². The van der Waals surface area contributed by atoms with Crippen LogP contribution in [0.3, 0.4) is 0 Å². The highest BCUT2D eigenvalue weighted by Crippen LogP contribution is 2.38. The summed E-state index contributed by atoms with van der Waals surface area (Å²) >= 11 is 0. The van der Waals surface area contributed by atoms with Gasteiger partial charge in [-0.3, -0.25) is 4.79 Å². The van der Waals surface area contributed by atoms with Crippen LogP contribution in [-0.4, -0.2) is 41.1 Å². The minimum Gasteiger partial charge on any atom is -0.482 e. The largest absolute Gasteiger partial charge is 0.482 e. The molecule has 2 N–H and O–H groups in total. The smallest absolute Gasteiger partial charge is 0.227 e. The van der Waals surface area contributed by atoms with Crippen LogP contribution >= 0.6 is 0 Å². The van der Waals surface area contributed by atoms with Gasteiger partial charge in [0.05, 0.1) is 6.10 Å². The zero-order chi connectivity index (χ0) is 22.3. The fourth-order valence-electron chi connectivity index (χ4n) is 4.64. The third-order valence-electron chi connectivity index (χ3n) is 7.15.